The van der Waals surface area contributed by atoms with Gasteiger partial charge < -0.3 is 19.3 Å². The molecule has 29 heavy (non-hydrogen) atoms. The second kappa shape index (κ2) is 9.01. The van der Waals surface area contributed by atoms with Crippen LogP contribution in [0.2, 0.25) is 0 Å². The van der Waals surface area contributed by atoms with E-state index in [2.05, 4.69) is 0 Å². The minimum atomic E-state index is -0.832. The molecule has 3 rings (SSSR count). The van der Waals surface area contributed by atoms with Gasteiger partial charge in [0.25, 0.3) is 0 Å². The van der Waals surface area contributed by atoms with Gasteiger partial charge in [0, 0.05) is 11.1 Å². The maximum absolute atomic E-state index is 11.1. The van der Waals surface area contributed by atoms with Crippen molar-refractivity contribution in [2.24, 2.45) is 0 Å². The third kappa shape index (κ3) is 4.22. The van der Waals surface area contributed by atoms with Crippen LogP contribution in [0.15, 0.2) is 54.6 Å². The molecule has 0 saturated heterocycles. The molecule has 0 aliphatic carbocycles. The highest BCUT2D eigenvalue weighted by atomic mass is 16.5. The summed E-state index contributed by atoms with van der Waals surface area (Å²) in [7, 11) is 3.28. The van der Waals surface area contributed by atoms with Gasteiger partial charge in [-0.05, 0) is 55.2 Å². The molecule has 3 aromatic carbocycles. The molecule has 1 atom stereocenters. The third-order valence-electron chi connectivity index (χ3n) is 5.36. The van der Waals surface area contributed by atoms with Gasteiger partial charge in [-0.1, -0.05) is 42.5 Å². The fraction of sp³-hybridized carbons (Fsp3) is 0.280. The lowest BCUT2D eigenvalue weighted by Crippen LogP contribution is -2.09. The average Bonchev–Trinajstić information content (AvgIpc) is 2.75. The Labute approximate surface area is 172 Å². The molecule has 0 amide bonds. The SMILES string of the molecule is COc1c(C)c(C)c(OC)c(C(O)c2ccc(OCc3ccccc3)cc2)c1C. The van der Waals surface area contributed by atoms with Crippen molar-refractivity contribution in [3.8, 4) is 17.2 Å². The Kier molecular flexibility index (Phi) is 6.45. The van der Waals surface area contributed by atoms with Crippen LogP contribution in [0.5, 0.6) is 17.2 Å². The molecule has 0 fully saturated rings. The highest BCUT2D eigenvalue weighted by molar-refractivity contribution is 5.60. The fourth-order valence-corrected chi connectivity index (χ4v) is 3.67. The maximum atomic E-state index is 11.1. The lowest BCUT2D eigenvalue weighted by Gasteiger charge is -2.24. The molecule has 1 N–H and O–H groups in total. The summed E-state index contributed by atoms with van der Waals surface area (Å²) < 4.78 is 17.1. The van der Waals surface area contributed by atoms with Crippen molar-refractivity contribution in [1.82, 2.24) is 0 Å². The number of hydrogen-bond donors (Lipinski definition) is 1. The van der Waals surface area contributed by atoms with Crippen molar-refractivity contribution in [3.05, 3.63) is 88.0 Å². The summed E-state index contributed by atoms with van der Waals surface area (Å²) in [6.07, 6.45) is -0.832. The first-order valence-corrected chi connectivity index (χ1v) is 9.64. The molecule has 1 unspecified atom stereocenters. The van der Waals surface area contributed by atoms with Gasteiger partial charge in [-0.2, -0.15) is 0 Å². The number of aliphatic hydroxyl groups excluding tert-OH is 1. The minimum absolute atomic E-state index is 0.504. The molecular formula is C25H28O4. The van der Waals surface area contributed by atoms with Crippen LogP contribution >= 0.6 is 0 Å². The summed E-state index contributed by atoms with van der Waals surface area (Å²) in [6, 6.07) is 17.5. The van der Waals surface area contributed by atoms with Crippen LogP contribution < -0.4 is 14.2 Å². The molecule has 152 valence electrons. The fourth-order valence-electron chi connectivity index (χ4n) is 3.67. The molecule has 4 nitrogen and oxygen atoms in total. The second-order valence-electron chi connectivity index (χ2n) is 7.10. The number of ether oxygens (including phenoxy) is 3. The van der Waals surface area contributed by atoms with Crippen LogP contribution in [-0.2, 0) is 6.61 Å². The Morgan fingerprint density at radius 1 is 0.759 bits per heavy atom. The average molecular weight is 392 g/mol. The van der Waals surface area contributed by atoms with Crippen LogP contribution in [-0.4, -0.2) is 19.3 Å². The standard InChI is InChI=1S/C25H28O4/c1-16-17(2)25(28-5)22(18(3)24(16)27-4)23(26)20-11-13-21(14-12-20)29-15-19-9-7-6-8-10-19/h6-14,23,26H,15H2,1-5H3. The van der Waals surface area contributed by atoms with Gasteiger partial charge in [-0.3, -0.25) is 0 Å². The zero-order valence-electron chi connectivity index (χ0n) is 17.7. The molecule has 0 aliphatic rings. The van der Waals surface area contributed by atoms with E-state index in [1.807, 2.05) is 75.4 Å². The summed E-state index contributed by atoms with van der Waals surface area (Å²) in [5.74, 6) is 2.23. The monoisotopic (exact) mass is 392 g/mol. The Balaban J connectivity index is 1.87. The predicted octanol–water partition coefficient (Wildman–Crippen LogP) is 5.29. The van der Waals surface area contributed by atoms with Crippen molar-refractivity contribution in [2.45, 2.75) is 33.5 Å². The van der Waals surface area contributed by atoms with Crippen molar-refractivity contribution in [3.63, 3.8) is 0 Å². The van der Waals surface area contributed by atoms with Gasteiger partial charge in [0.2, 0.25) is 0 Å². The molecule has 3 aromatic rings. The summed E-state index contributed by atoms with van der Waals surface area (Å²) >= 11 is 0. The van der Waals surface area contributed by atoms with Gasteiger partial charge in [0.15, 0.2) is 0 Å². The number of aliphatic hydroxyl groups is 1. The van der Waals surface area contributed by atoms with Crippen molar-refractivity contribution in [1.29, 1.82) is 0 Å². The largest absolute Gasteiger partial charge is 0.496 e. The van der Waals surface area contributed by atoms with Crippen molar-refractivity contribution < 1.29 is 19.3 Å². The zero-order valence-corrected chi connectivity index (χ0v) is 17.7. The molecular weight excluding hydrogens is 364 g/mol. The third-order valence-corrected chi connectivity index (χ3v) is 5.36. The number of methoxy groups -OCH3 is 2. The number of benzene rings is 3. The molecule has 0 bridgehead atoms. The predicted molar refractivity (Wildman–Crippen MR) is 115 cm³/mol. The zero-order chi connectivity index (χ0) is 21.0. The van der Waals surface area contributed by atoms with E-state index in [1.54, 1.807) is 14.2 Å². The van der Waals surface area contributed by atoms with Crippen molar-refractivity contribution >= 4 is 0 Å². The van der Waals surface area contributed by atoms with Crippen LogP contribution in [0.4, 0.5) is 0 Å². The highest BCUT2D eigenvalue weighted by Gasteiger charge is 2.25. The normalized spacial score (nSPS) is 11.8. The van der Waals surface area contributed by atoms with Crippen LogP contribution in [0.1, 0.15) is 39.5 Å². The number of hydrogen-bond acceptors (Lipinski definition) is 4. The summed E-state index contributed by atoms with van der Waals surface area (Å²) in [6.45, 7) is 6.43. The van der Waals surface area contributed by atoms with Crippen LogP contribution in [0, 0.1) is 20.8 Å². The number of rotatable bonds is 7. The van der Waals surface area contributed by atoms with Crippen molar-refractivity contribution in [2.75, 3.05) is 14.2 Å². The van der Waals surface area contributed by atoms with Gasteiger partial charge in [-0.25, -0.2) is 0 Å². The molecule has 0 spiro atoms. The van der Waals surface area contributed by atoms with E-state index in [4.69, 9.17) is 14.2 Å². The van der Waals surface area contributed by atoms with E-state index in [9.17, 15) is 5.11 Å². The Morgan fingerprint density at radius 2 is 1.34 bits per heavy atom. The van der Waals surface area contributed by atoms with Gasteiger partial charge >= 0.3 is 0 Å². The van der Waals surface area contributed by atoms with E-state index < -0.39 is 6.10 Å². The van der Waals surface area contributed by atoms with E-state index in [-0.39, 0.29) is 0 Å². The first kappa shape index (κ1) is 20.7. The Hall–Kier alpha value is -2.98. The Bertz CT molecular complexity index is 963. The maximum Gasteiger partial charge on any atom is 0.128 e. The van der Waals surface area contributed by atoms with E-state index in [0.29, 0.717) is 12.4 Å². The topological polar surface area (TPSA) is 47.9 Å². The molecule has 0 heterocycles. The first-order valence-electron chi connectivity index (χ1n) is 9.64. The van der Waals surface area contributed by atoms with Crippen LogP contribution in [0.25, 0.3) is 0 Å². The lowest BCUT2D eigenvalue weighted by molar-refractivity contribution is 0.212. The molecule has 4 heteroatoms. The molecule has 0 aromatic heterocycles. The van der Waals surface area contributed by atoms with E-state index in [0.717, 1.165) is 44.9 Å². The smallest absolute Gasteiger partial charge is 0.128 e. The van der Waals surface area contributed by atoms with Gasteiger partial charge in [0.05, 0.1) is 14.2 Å². The summed E-state index contributed by atoms with van der Waals surface area (Å²) in [5, 5.41) is 11.1. The van der Waals surface area contributed by atoms with Gasteiger partial charge in [-0.15, -0.1) is 0 Å². The van der Waals surface area contributed by atoms with E-state index in [1.165, 1.54) is 0 Å². The Morgan fingerprint density at radius 3 is 1.93 bits per heavy atom. The first-order chi connectivity index (χ1) is 14.0. The summed E-state index contributed by atoms with van der Waals surface area (Å²) in [5.41, 5.74) is 5.46. The van der Waals surface area contributed by atoms with Gasteiger partial charge in [0.1, 0.15) is 30.0 Å². The van der Waals surface area contributed by atoms with E-state index >= 15 is 0 Å². The quantitative estimate of drug-likeness (QED) is 0.593. The molecule has 0 aliphatic heterocycles. The minimum Gasteiger partial charge on any atom is -0.496 e. The molecule has 0 radical (unpaired) electrons. The second-order valence-corrected chi connectivity index (χ2v) is 7.10. The molecule has 0 saturated carbocycles. The highest BCUT2D eigenvalue weighted by Crippen LogP contribution is 2.42. The summed E-state index contributed by atoms with van der Waals surface area (Å²) in [4.78, 5) is 0. The lowest BCUT2D eigenvalue weighted by atomic mass is 9.91. The van der Waals surface area contributed by atoms with Crippen LogP contribution in [0.3, 0.4) is 0 Å².